The van der Waals surface area contributed by atoms with E-state index in [9.17, 15) is 0 Å². The van der Waals surface area contributed by atoms with Crippen molar-refractivity contribution in [3.8, 4) is 23.8 Å². The molecule has 0 unspecified atom stereocenters. The summed E-state index contributed by atoms with van der Waals surface area (Å²) in [6, 6.07) is 11.6. The fourth-order valence-electron chi connectivity index (χ4n) is 2.32. The maximum absolute atomic E-state index is 5.52. The summed E-state index contributed by atoms with van der Waals surface area (Å²) in [5.74, 6) is 4.46. The maximum Gasteiger partial charge on any atom is 0.191 e. The van der Waals surface area contributed by atoms with Crippen molar-refractivity contribution in [1.29, 1.82) is 0 Å². The first kappa shape index (κ1) is 22.6. The second kappa shape index (κ2) is 12.8. The summed E-state index contributed by atoms with van der Waals surface area (Å²) >= 11 is 0. The van der Waals surface area contributed by atoms with Crippen molar-refractivity contribution in [2.75, 3.05) is 27.3 Å². The van der Waals surface area contributed by atoms with Gasteiger partial charge in [-0.25, -0.2) is 0 Å². The first-order valence-corrected chi connectivity index (χ1v) is 8.34. The number of nitrogens with zero attached hydrogens (tertiary/aromatic N) is 2. The highest BCUT2D eigenvalue weighted by molar-refractivity contribution is 14.0. The largest absolute Gasteiger partial charge is 0.493 e. The zero-order valence-electron chi connectivity index (χ0n) is 15.6. The molecule has 0 fully saturated rings. The van der Waals surface area contributed by atoms with E-state index in [0.717, 1.165) is 30.2 Å². The number of methoxy groups -OCH3 is 1. The van der Waals surface area contributed by atoms with Crippen LogP contribution in [-0.4, -0.2) is 38.3 Å². The number of halogens is 1. The third-order valence-electron chi connectivity index (χ3n) is 3.62. The Kier molecular flexibility index (Phi) is 10.7. The quantitative estimate of drug-likeness (QED) is 0.263. The Morgan fingerprint density at radius 2 is 2.07 bits per heavy atom. The van der Waals surface area contributed by atoms with Crippen LogP contribution in [0, 0.1) is 12.3 Å². The van der Waals surface area contributed by atoms with Gasteiger partial charge >= 0.3 is 0 Å². The second-order valence-electron chi connectivity index (χ2n) is 5.40. The summed E-state index contributed by atoms with van der Waals surface area (Å²) in [5.41, 5.74) is 2.08. The van der Waals surface area contributed by atoms with E-state index < -0.39 is 0 Å². The van der Waals surface area contributed by atoms with Crippen molar-refractivity contribution in [2.45, 2.75) is 13.0 Å². The Bertz CT molecular complexity index is 760. The molecule has 2 N–H and O–H groups in total. The van der Waals surface area contributed by atoms with Crippen LogP contribution in [0.3, 0.4) is 0 Å². The molecule has 6 nitrogen and oxygen atoms in total. The second-order valence-corrected chi connectivity index (χ2v) is 5.40. The molecule has 0 radical (unpaired) electrons. The summed E-state index contributed by atoms with van der Waals surface area (Å²) < 4.78 is 10.8. The van der Waals surface area contributed by atoms with Crippen LogP contribution in [0.25, 0.3) is 0 Å². The molecule has 2 aromatic rings. The minimum Gasteiger partial charge on any atom is -0.493 e. The molecule has 0 aliphatic heterocycles. The number of pyridine rings is 1. The molecule has 1 heterocycles. The summed E-state index contributed by atoms with van der Waals surface area (Å²) in [5, 5.41) is 6.55. The zero-order valence-corrected chi connectivity index (χ0v) is 17.9. The third kappa shape index (κ3) is 7.74. The number of terminal acetylenes is 1. The lowest BCUT2D eigenvalue weighted by molar-refractivity contribution is 0.330. The molecule has 144 valence electrons. The molecule has 0 aliphatic rings. The van der Waals surface area contributed by atoms with E-state index in [1.165, 1.54) is 0 Å². The monoisotopic (exact) mass is 480 g/mol. The van der Waals surface area contributed by atoms with E-state index in [1.54, 1.807) is 20.4 Å². The molecule has 0 aliphatic carbocycles. The summed E-state index contributed by atoms with van der Waals surface area (Å²) in [4.78, 5) is 8.54. The lowest BCUT2D eigenvalue weighted by atomic mass is 10.2. The molecule has 0 saturated heterocycles. The van der Waals surface area contributed by atoms with E-state index >= 15 is 0 Å². The van der Waals surface area contributed by atoms with Crippen LogP contribution < -0.4 is 20.1 Å². The molecule has 0 bridgehead atoms. The lowest BCUT2D eigenvalue weighted by Gasteiger charge is -2.14. The SMILES string of the molecule is C#CCOc1cc(CNC(=NC)NCCc2ccccn2)ccc1OC.I. The van der Waals surface area contributed by atoms with Gasteiger partial charge in [0.05, 0.1) is 7.11 Å². The van der Waals surface area contributed by atoms with Gasteiger partial charge < -0.3 is 20.1 Å². The lowest BCUT2D eigenvalue weighted by Crippen LogP contribution is -2.37. The number of guanidine groups is 1. The van der Waals surface area contributed by atoms with Crippen LogP contribution in [0.1, 0.15) is 11.3 Å². The number of aliphatic imine (C=N–C) groups is 1. The van der Waals surface area contributed by atoms with Gasteiger partial charge in [-0.05, 0) is 29.8 Å². The first-order chi connectivity index (χ1) is 12.8. The number of aromatic nitrogens is 1. The summed E-state index contributed by atoms with van der Waals surface area (Å²) in [6.07, 6.45) is 7.88. The average molecular weight is 480 g/mol. The molecule has 27 heavy (non-hydrogen) atoms. The Morgan fingerprint density at radius 1 is 1.22 bits per heavy atom. The van der Waals surface area contributed by atoms with Gasteiger partial charge in [-0.15, -0.1) is 30.4 Å². The van der Waals surface area contributed by atoms with E-state index in [1.807, 2.05) is 36.4 Å². The van der Waals surface area contributed by atoms with Crippen molar-refractivity contribution in [3.05, 3.63) is 53.9 Å². The van der Waals surface area contributed by atoms with E-state index in [-0.39, 0.29) is 30.6 Å². The Balaban J connectivity index is 0.00000364. The average Bonchev–Trinajstić information content (AvgIpc) is 2.69. The predicted molar refractivity (Wildman–Crippen MR) is 119 cm³/mol. The predicted octanol–water partition coefficient (Wildman–Crippen LogP) is 2.63. The Morgan fingerprint density at radius 3 is 2.74 bits per heavy atom. The number of hydrogen-bond acceptors (Lipinski definition) is 4. The third-order valence-corrected chi connectivity index (χ3v) is 3.62. The van der Waals surface area contributed by atoms with E-state index in [4.69, 9.17) is 15.9 Å². The topological polar surface area (TPSA) is 67.8 Å². The highest BCUT2D eigenvalue weighted by Gasteiger charge is 2.06. The molecule has 7 heteroatoms. The maximum atomic E-state index is 5.52. The molecular weight excluding hydrogens is 455 g/mol. The smallest absolute Gasteiger partial charge is 0.191 e. The van der Waals surface area contributed by atoms with Crippen LogP contribution in [0.15, 0.2) is 47.6 Å². The van der Waals surface area contributed by atoms with Crippen molar-refractivity contribution in [1.82, 2.24) is 15.6 Å². The van der Waals surface area contributed by atoms with Crippen molar-refractivity contribution >= 4 is 29.9 Å². The van der Waals surface area contributed by atoms with Gasteiger partial charge in [0.15, 0.2) is 17.5 Å². The van der Waals surface area contributed by atoms with Crippen LogP contribution in [-0.2, 0) is 13.0 Å². The van der Waals surface area contributed by atoms with Gasteiger partial charge in [-0.3, -0.25) is 9.98 Å². The van der Waals surface area contributed by atoms with Gasteiger partial charge in [0.25, 0.3) is 0 Å². The zero-order chi connectivity index (χ0) is 18.6. The van der Waals surface area contributed by atoms with Crippen LogP contribution >= 0.6 is 24.0 Å². The molecule has 1 aromatic carbocycles. The van der Waals surface area contributed by atoms with Gasteiger partial charge in [-0.2, -0.15) is 0 Å². The first-order valence-electron chi connectivity index (χ1n) is 8.34. The molecule has 0 atom stereocenters. The summed E-state index contributed by atoms with van der Waals surface area (Å²) in [7, 11) is 3.34. The molecule has 2 rings (SSSR count). The van der Waals surface area contributed by atoms with Crippen molar-refractivity contribution in [2.24, 2.45) is 4.99 Å². The normalized spacial score (nSPS) is 10.3. The fraction of sp³-hybridized carbons (Fsp3) is 0.300. The Labute approximate surface area is 177 Å². The van der Waals surface area contributed by atoms with Gasteiger partial charge in [0.1, 0.15) is 6.61 Å². The Hall–Kier alpha value is -2.47. The molecule has 0 spiro atoms. The molecule has 0 saturated carbocycles. The van der Waals surface area contributed by atoms with Gasteiger partial charge in [-0.1, -0.05) is 18.1 Å². The van der Waals surface area contributed by atoms with Gasteiger partial charge in [0.2, 0.25) is 0 Å². The minimum atomic E-state index is 0. The fourth-order valence-corrected chi connectivity index (χ4v) is 2.32. The van der Waals surface area contributed by atoms with Crippen molar-refractivity contribution < 1.29 is 9.47 Å². The van der Waals surface area contributed by atoms with Crippen LogP contribution in [0.4, 0.5) is 0 Å². The highest BCUT2D eigenvalue weighted by Crippen LogP contribution is 2.27. The van der Waals surface area contributed by atoms with Gasteiger partial charge in [0, 0.05) is 38.4 Å². The summed E-state index contributed by atoms with van der Waals surface area (Å²) in [6.45, 7) is 1.54. The van der Waals surface area contributed by atoms with Crippen molar-refractivity contribution in [3.63, 3.8) is 0 Å². The van der Waals surface area contributed by atoms with E-state index in [0.29, 0.717) is 18.0 Å². The number of ether oxygens (including phenoxy) is 2. The number of rotatable bonds is 8. The number of hydrogen-bond donors (Lipinski definition) is 2. The minimum absolute atomic E-state index is 0. The number of benzene rings is 1. The molecule has 1 aromatic heterocycles. The highest BCUT2D eigenvalue weighted by atomic mass is 127. The number of nitrogens with one attached hydrogen (secondary N) is 2. The standard InChI is InChI=1S/C20H24N4O2.HI/c1-4-13-26-19-14-16(8-9-18(19)25-3)15-24-20(21-2)23-12-10-17-7-5-6-11-22-17;/h1,5-9,11,14H,10,12-13,15H2,2-3H3,(H2,21,23,24);1H. The van der Waals surface area contributed by atoms with Crippen LogP contribution in [0.2, 0.25) is 0 Å². The molecular formula is C20H25IN4O2. The van der Waals surface area contributed by atoms with E-state index in [2.05, 4.69) is 26.5 Å². The van der Waals surface area contributed by atoms with Crippen LogP contribution in [0.5, 0.6) is 11.5 Å². The molecule has 0 amide bonds.